The number of halogens is 4. The Kier molecular flexibility index (Phi) is 11.7. The fourth-order valence-electron chi connectivity index (χ4n) is 5.70. The third kappa shape index (κ3) is 9.02. The van der Waals surface area contributed by atoms with Crippen molar-refractivity contribution in [3.05, 3.63) is 41.2 Å². The first-order chi connectivity index (χ1) is 19.1. The van der Waals surface area contributed by atoms with Gasteiger partial charge in [-0.1, -0.05) is 45.1 Å². The monoisotopic (exact) mass is 600 g/mol. The van der Waals surface area contributed by atoms with Crippen molar-refractivity contribution in [3.63, 3.8) is 0 Å². The lowest BCUT2D eigenvalue weighted by atomic mass is 9.91. The van der Waals surface area contributed by atoms with Gasteiger partial charge in [0.15, 0.2) is 0 Å². The second-order valence-electron chi connectivity index (χ2n) is 10.8. The number of aliphatic carboxylic acids is 1. The van der Waals surface area contributed by atoms with Gasteiger partial charge in [-0.15, -0.1) is 12.4 Å². The van der Waals surface area contributed by atoms with Crippen LogP contribution in [-0.2, 0) is 29.0 Å². The SMILES string of the molecule is CCCCCCCC1c2cc(OCCc3cn4c(n3)NCCC4)ccc2C[C@@H](CC(=O)O)C(=O)N1CC(F)(F)F.Cl. The van der Waals surface area contributed by atoms with Crippen LogP contribution in [0.3, 0.4) is 0 Å². The summed E-state index contributed by atoms with van der Waals surface area (Å²) in [5.74, 6) is -1.67. The molecule has 41 heavy (non-hydrogen) atoms. The number of unbranched alkanes of at least 4 members (excludes halogenated alkanes) is 4. The van der Waals surface area contributed by atoms with Crippen molar-refractivity contribution >= 4 is 30.2 Å². The number of carbonyl (C=O) groups excluding carboxylic acids is 1. The molecule has 2 N–H and O–H groups in total. The standard InChI is InChI=1S/C29H39F3N4O4.ClH/c1-2-3-4-5-6-8-25-24-17-23(40-14-11-22-18-35-13-7-12-33-28(35)34-22)10-9-20(24)15-21(16-26(37)38)27(39)36(25)19-29(30,31)32;/h9-10,17-18,21,25H,2-8,11-16,19H2,1H3,(H,33,34)(H,37,38);1H/t21-,25?;/m0./s1. The quantitative estimate of drug-likeness (QED) is 0.267. The number of carbonyl (C=O) groups is 2. The molecule has 0 fully saturated rings. The summed E-state index contributed by atoms with van der Waals surface area (Å²) in [5, 5.41) is 12.7. The maximum Gasteiger partial charge on any atom is 0.406 e. The number of alkyl halides is 3. The number of nitrogens with one attached hydrogen (secondary N) is 1. The number of ether oxygens (including phenoxy) is 1. The molecule has 2 aliphatic heterocycles. The van der Waals surface area contributed by atoms with E-state index in [1.165, 1.54) is 0 Å². The smallest absolute Gasteiger partial charge is 0.406 e. The number of hydrogen-bond acceptors (Lipinski definition) is 5. The average Bonchev–Trinajstić information content (AvgIpc) is 3.28. The fraction of sp³-hybridized carbons (Fsp3) is 0.621. The molecule has 1 unspecified atom stereocenters. The van der Waals surface area contributed by atoms with Crippen LogP contribution in [0.15, 0.2) is 24.4 Å². The topological polar surface area (TPSA) is 96.7 Å². The molecule has 0 saturated carbocycles. The lowest BCUT2D eigenvalue weighted by Gasteiger charge is -2.33. The van der Waals surface area contributed by atoms with Crippen molar-refractivity contribution in [2.45, 2.75) is 89.9 Å². The molecule has 0 saturated heterocycles. The van der Waals surface area contributed by atoms with Gasteiger partial charge in [-0.3, -0.25) is 9.59 Å². The summed E-state index contributed by atoms with van der Waals surface area (Å²) >= 11 is 0. The predicted octanol–water partition coefficient (Wildman–Crippen LogP) is 6.18. The maximum atomic E-state index is 13.7. The zero-order chi connectivity index (χ0) is 28.7. The van der Waals surface area contributed by atoms with Crippen LogP contribution in [-0.4, -0.2) is 57.3 Å². The number of amides is 1. The Morgan fingerprint density at radius 3 is 2.71 bits per heavy atom. The molecule has 1 aromatic heterocycles. The molecule has 1 aromatic carbocycles. The van der Waals surface area contributed by atoms with E-state index in [9.17, 15) is 27.9 Å². The molecule has 0 aliphatic carbocycles. The van der Waals surface area contributed by atoms with Crippen molar-refractivity contribution in [3.8, 4) is 5.75 Å². The Bertz CT molecular complexity index is 1150. The Balaban J connectivity index is 0.00000462. The molecular weight excluding hydrogens is 561 g/mol. The zero-order valence-electron chi connectivity index (χ0n) is 23.4. The zero-order valence-corrected chi connectivity index (χ0v) is 24.2. The number of benzene rings is 1. The highest BCUT2D eigenvalue weighted by Gasteiger charge is 2.42. The fourth-order valence-corrected chi connectivity index (χ4v) is 5.70. The molecule has 2 aliphatic rings. The van der Waals surface area contributed by atoms with E-state index in [1.54, 1.807) is 18.2 Å². The predicted molar refractivity (Wildman–Crippen MR) is 152 cm³/mol. The van der Waals surface area contributed by atoms with Gasteiger partial charge < -0.3 is 24.6 Å². The average molecular weight is 601 g/mol. The van der Waals surface area contributed by atoms with E-state index in [4.69, 9.17) is 4.74 Å². The lowest BCUT2D eigenvalue weighted by molar-refractivity contribution is -0.169. The Morgan fingerprint density at radius 2 is 2.00 bits per heavy atom. The van der Waals surface area contributed by atoms with Crippen molar-refractivity contribution < 1.29 is 32.6 Å². The van der Waals surface area contributed by atoms with Gasteiger partial charge in [0, 0.05) is 25.7 Å². The number of nitrogens with zero attached hydrogens (tertiary/aromatic N) is 3. The number of imidazole rings is 1. The summed E-state index contributed by atoms with van der Waals surface area (Å²) < 4.78 is 49.3. The first-order valence-corrected chi connectivity index (χ1v) is 14.3. The van der Waals surface area contributed by atoms with Crippen LogP contribution in [0.4, 0.5) is 19.1 Å². The Labute approximate surface area is 245 Å². The van der Waals surface area contributed by atoms with Crippen LogP contribution in [0.2, 0.25) is 0 Å². The van der Waals surface area contributed by atoms with Crippen LogP contribution in [0, 0.1) is 5.92 Å². The highest BCUT2D eigenvalue weighted by atomic mass is 35.5. The Hall–Kier alpha value is -2.95. The summed E-state index contributed by atoms with van der Waals surface area (Å²) in [7, 11) is 0. The van der Waals surface area contributed by atoms with E-state index in [-0.39, 0.29) is 18.8 Å². The van der Waals surface area contributed by atoms with Crippen LogP contribution in [0.5, 0.6) is 5.75 Å². The van der Waals surface area contributed by atoms with Gasteiger partial charge in [0.1, 0.15) is 12.3 Å². The molecule has 0 spiro atoms. The van der Waals surface area contributed by atoms with Crippen molar-refractivity contribution in [1.29, 1.82) is 0 Å². The van der Waals surface area contributed by atoms with Gasteiger partial charge in [-0.2, -0.15) is 13.2 Å². The first kappa shape index (κ1) is 32.6. The number of hydrogen-bond donors (Lipinski definition) is 2. The molecular formula is C29H40ClF3N4O4. The number of rotatable bonds is 13. The van der Waals surface area contributed by atoms with Gasteiger partial charge in [0.2, 0.25) is 11.9 Å². The molecule has 8 nitrogen and oxygen atoms in total. The minimum absolute atomic E-state index is 0. The Morgan fingerprint density at radius 1 is 1.22 bits per heavy atom. The number of carboxylic acid groups (broad SMARTS) is 1. The summed E-state index contributed by atoms with van der Waals surface area (Å²) in [5.41, 5.74) is 2.20. The second-order valence-corrected chi connectivity index (χ2v) is 10.8. The van der Waals surface area contributed by atoms with E-state index in [0.717, 1.165) is 61.7 Å². The molecule has 228 valence electrons. The molecule has 3 heterocycles. The van der Waals surface area contributed by atoms with Gasteiger partial charge >= 0.3 is 12.1 Å². The number of aromatic nitrogens is 2. The van der Waals surface area contributed by atoms with E-state index in [2.05, 4.69) is 21.8 Å². The number of anilines is 1. The van der Waals surface area contributed by atoms with E-state index in [1.807, 2.05) is 6.20 Å². The van der Waals surface area contributed by atoms with Gasteiger partial charge in [0.05, 0.1) is 30.7 Å². The molecule has 2 atom stereocenters. The third-order valence-electron chi connectivity index (χ3n) is 7.62. The highest BCUT2D eigenvalue weighted by Crippen LogP contribution is 2.39. The molecule has 0 bridgehead atoms. The van der Waals surface area contributed by atoms with Gasteiger partial charge in [-0.05, 0) is 42.5 Å². The van der Waals surface area contributed by atoms with Crippen LogP contribution < -0.4 is 10.1 Å². The van der Waals surface area contributed by atoms with E-state index < -0.39 is 43.0 Å². The summed E-state index contributed by atoms with van der Waals surface area (Å²) in [4.78, 5) is 30.4. The molecule has 0 radical (unpaired) electrons. The minimum atomic E-state index is -4.61. The third-order valence-corrected chi connectivity index (χ3v) is 7.62. The van der Waals surface area contributed by atoms with Crippen LogP contribution >= 0.6 is 12.4 Å². The largest absolute Gasteiger partial charge is 0.493 e. The molecule has 4 rings (SSSR count). The van der Waals surface area contributed by atoms with Crippen LogP contribution in [0.25, 0.3) is 0 Å². The van der Waals surface area contributed by atoms with Crippen LogP contribution in [0.1, 0.15) is 81.2 Å². The summed E-state index contributed by atoms with van der Waals surface area (Å²) in [6.07, 6.45) is 3.50. The van der Waals surface area contributed by atoms with Crippen molar-refractivity contribution in [2.75, 3.05) is 25.0 Å². The summed E-state index contributed by atoms with van der Waals surface area (Å²) in [6, 6.07) is 4.45. The minimum Gasteiger partial charge on any atom is -0.493 e. The lowest BCUT2D eigenvalue weighted by Crippen LogP contribution is -2.44. The number of fused-ring (bicyclic) bond motifs is 2. The van der Waals surface area contributed by atoms with Gasteiger partial charge in [0.25, 0.3) is 0 Å². The maximum absolute atomic E-state index is 13.7. The summed E-state index contributed by atoms with van der Waals surface area (Å²) in [6.45, 7) is 2.82. The highest BCUT2D eigenvalue weighted by molar-refractivity contribution is 5.85. The number of aryl methyl sites for hydroxylation is 1. The molecule has 1 amide bonds. The number of carboxylic acids is 1. The first-order valence-electron chi connectivity index (χ1n) is 14.3. The van der Waals surface area contributed by atoms with Gasteiger partial charge in [-0.25, -0.2) is 4.98 Å². The van der Waals surface area contributed by atoms with E-state index >= 15 is 0 Å². The second kappa shape index (κ2) is 14.8. The molecule has 12 heteroatoms. The molecule has 2 aromatic rings. The van der Waals surface area contributed by atoms with Crippen molar-refractivity contribution in [2.24, 2.45) is 5.92 Å². The van der Waals surface area contributed by atoms with Crippen molar-refractivity contribution in [1.82, 2.24) is 14.5 Å². The normalized spacial score (nSPS) is 18.5. The van der Waals surface area contributed by atoms with E-state index in [0.29, 0.717) is 42.7 Å².